The molecule has 0 fully saturated rings. The number of hydrogen-bond donors (Lipinski definition) is 0. The lowest BCUT2D eigenvalue weighted by Crippen LogP contribution is -2.27. The number of carbonyl (C=O) groups is 3. The maximum atomic E-state index is 13.6. The molecule has 1 heterocycles. The average Bonchev–Trinajstić information content (AvgIpc) is 2.72. The Morgan fingerprint density at radius 3 is 2.24 bits per heavy atom. The van der Waals surface area contributed by atoms with E-state index in [1.165, 1.54) is 38.4 Å². The Bertz CT molecular complexity index is 1030. The quantitative estimate of drug-likeness (QED) is 0.396. The van der Waals surface area contributed by atoms with E-state index in [4.69, 9.17) is 14.2 Å². The smallest absolute Gasteiger partial charge is 0.309 e. The monoisotopic (exact) mass is 459 g/mol. The van der Waals surface area contributed by atoms with Gasteiger partial charge in [0.2, 0.25) is 5.75 Å². The summed E-state index contributed by atoms with van der Waals surface area (Å²) in [6.45, 7) is 10.1. The number of halogens is 1. The van der Waals surface area contributed by atoms with Gasteiger partial charge in [-0.25, -0.2) is 9.37 Å². The zero-order valence-corrected chi connectivity index (χ0v) is 20.0. The normalized spacial score (nSPS) is 13.6. The number of rotatable bonds is 9. The fourth-order valence-electron chi connectivity index (χ4n) is 3.77. The van der Waals surface area contributed by atoms with Gasteiger partial charge in [0.1, 0.15) is 11.9 Å². The number of aryl methyl sites for hydroxylation is 2. The summed E-state index contributed by atoms with van der Waals surface area (Å²) < 4.78 is 29.5. The van der Waals surface area contributed by atoms with Crippen LogP contribution in [-0.2, 0) is 14.3 Å². The summed E-state index contributed by atoms with van der Waals surface area (Å²) in [5.74, 6) is -2.80. The molecular formula is C25H30FNO6. The molecule has 0 amide bonds. The molecule has 3 atom stereocenters. The predicted octanol–water partition coefficient (Wildman–Crippen LogP) is 4.72. The van der Waals surface area contributed by atoms with Crippen molar-refractivity contribution in [1.82, 2.24) is 4.98 Å². The van der Waals surface area contributed by atoms with Gasteiger partial charge >= 0.3 is 11.9 Å². The highest BCUT2D eigenvalue weighted by molar-refractivity contribution is 5.99. The highest BCUT2D eigenvalue weighted by atomic mass is 19.1. The summed E-state index contributed by atoms with van der Waals surface area (Å²) in [7, 11) is 1.38. The Hall–Kier alpha value is -3.29. The van der Waals surface area contributed by atoms with Crippen LogP contribution in [0, 0.1) is 25.6 Å². The third kappa shape index (κ3) is 6.37. The number of aromatic nitrogens is 1. The molecule has 0 radical (unpaired) electrons. The molecule has 0 saturated carbocycles. The molecule has 0 N–H and O–H groups in total. The largest absolute Gasteiger partial charge is 0.493 e. The topological polar surface area (TPSA) is 91.8 Å². The number of nitrogens with zero attached hydrogens (tertiary/aromatic N) is 1. The van der Waals surface area contributed by atoms with Crippen molar-refractivity contribution in [3.05, 3.63) is 52.6 Å². The van der Waals surface area contributed by atoms with Gasteiger partial charge < -0.3 is 14.2 Å². The van der Waals surface area contributed by atoms with Crippen LogP contribution in [0.15, 0.2) is 24.4 Å². The summed E-state index contributed by atoms with van der Waals surface area (Å²) >= 11 is 0. The highest BCUT2D eigenvalue weighted by Gasteiger charge is 2.28. The van der Waals surface area contributed by atoms with Gasteiger partial charge in [0.15, 0.2) is 17.2 Å². The van der Waals surface area contributed by atoms with E-state index < -0.39 is 29.7 Å². The molecule has 7 nitrogen and oxygen atoms in total. The second-order valence-corrected chi connectivity index (χ2v) is 8.20. The highest BCUT2D eigenvalue weighted by Crippen LogP contribution is 2.32. The Labute approximate surface area is 193 Å². The van der Waals surface area contributed by atoms with E-state index in [0.29, 0.717) is 0 Å². The minimum atomic E-state index is -0.763. The molecule has 33 heavy (non-hydrogen) atoms. The van der Waals surface area contributed by atoms with E-state index in [1.807, 2.05) is 20.8 Å². The third-order valence-electron chi connectivity index (χ3n) is 5.51. The van der Waals surface area contributed by atoms with Crippen LogP contribution in [0.2, 0.25) is 0 Å². The predicted molar refractivity (Wildman–Crippen MR) is 120 cm³/mol. The molecule has 0 aliphatic carbocycles. The van der Waals surface area contributed by atoms with Gasteiger partial charge in [0.25, 0.3) is 0 Å². The lowest BCUT2D eigenvalue weighted by atomic mass is 9.88. The van der Waals surface area contributed by atoms with Gasteiger partial charge in [-0.2, -0.15) is 0 Å². The van der Waals surface area contributed by atoms with Crippen molar-refractivity contribution in [3.8, 4) is 11.5 Å². The van der Waals surface area contributed by atoms with Crippen molar-refractivity contribution in [2.75, 3.05) is 7.11 Å². The Balaban J connectivity index is 2.12. The van der Waals surface area contributed by atoms with E-state index in [1.54, 1.807) is 13.8 Å². The van der Waals surface area contributed by atoms with Crippen molar-refractivity contribution >= 4 is 17.7 Å². The molecule has 0 bridgehead atoms. The fourth-order valence-corrected chi connectivity index (χ4v) is 3.77. The van der Waals surface area contributed by atoms with E-state index >= 15 is 0 Å². The van der Waals surface area contributed by atoms with Gasteiger partial charge in [-0.05, 0) is 49.6 Å². The number of ketones is 1. The van der Waals surface area contributed by atoms with Crippen molar-refractivity contribution in [3.63, 3.8) is 0 Å². The van der Waals surface area contributed by atoms with E-state index in [9.17, 15) is 18.8 Å². The van der Waals surface area contributed by atoms with Crippen molar-refractivity contribution < 1.29 is 33.0 Å². The molecule has 0 saturated heterocycles. The van der Waals surface area contributed by atoms with Crippen molar-refractivity contribution in [2.24, 2.45) is 5.92 Å². The molecule has 8 heteroatoms. The summed E-state index contributed by atoms with van der Waals surface area (Å²) in [6, 6.07) is 4.38. The number of benzene rings is 1. The van der Waals surface area contributed by atoms with Gasteiger partial charge in [0, 0.05) is 31.5 Å². The molecule has 0 aliphatic rings. The van der Waals surface area contributed by atoms with Crippen LogP contribution in [0.1, 0.15) is 67.2 Å². The van der Waals surface area contributed by atoms with Crippen LogP contribution in [0.25, 0.3) is 0 Å². The van der Waals surface area contributed by atoms with Gasteiger partial charge in [-0.15, -0.1) is 0 Å². The maximum absolute atomic E-state index is 13.6. The molecular weight excluding hydrogens is 429 g/mol. The number of methoxy groups -OCH3 is 1. The summed E-state index contributed by atoms with van der Waals surface area (Å²) in [6.07, 6.45) is 0.673. The molecule has 2 unspecified atom stereocenters. The first-order valence-electron chi connectivity index (χ1n) is 10.7. The van der Waals surface area contributed by atoms with E-state index in [2.05, 4.69) is 4.98 Å². The number of carbonyl (C=O) groups excluding carboxylic acids is 3. The van der Waals surface area contributed by atoms with E-state index in [0.717, 1.165) is 16.7 Å². The third-order valence-corrected chi connectivity index (χ3v) is 5.51. The second kappa shape index (κ2) is 11.0. The molecule has 0 aliphatic heterocycles. The first-order valence-corrected chi connectivity index (χ1v) is 10.7. The van der Waals surface area contributed by atoms with Crippen LogP contribution >= 0.6 is 0 Å². The SMILES string of the molecule is COc1ccnc(C(=O)C[C@@H](C)C(=O)OC(C)C(C)c2c(C)cc(F)cc2C)c1OC(C)=O. The van der Waals surface area contributed by atoms with Crippen molar-refractivity contribution in [2.45, 2.75) is 60.0 Å². The number of hydrogen-bond acceptors (Lipinski definition) is 7. The number of ether oxygens (including phenoxy) is 3. The summed E-state index contributed by atoms with van der Waals surface area (Å²) in [4.78, 5) is 41.0. The standard InChI is InChI=1S/C25H30FNO6/c1-13-10-19(26)11-14(2)22(13)16(4)17(5)32-25(30)15(3)12-20(29)23-24(33-18(6)28)21(31-7)8-9-27-23/h8-11,15-17H,12H2,1-7H3/t15-,16?,17?/m1/s1. The Morgan fingerprint density at radius 1 is 1.09 bits per heavy atom. The Morgan fingerprint density at radius 2 is 1.70 bits per heavy atom. The van der Waals surface area contributed by atoms with Gasteiger partial charge in [-0.3, -0.25) is 14.4 Å². The number of esters is 2. The first-order chi connectivity index (χ1) is 15.5. The van der Waals surface area contributed by atoms with Crippen LogP contribution in [0.3, 0.4) is 0 Å². The molecule has 1 aromatic heterocycles. The fraction of sp³-hybridized carbons (Fsp3) is 0.440. The molecule has 2 aromatic rings. The van der Waals surface area contributed by atoms with Crippen LogP contribution in [0.5, 0.6) is 11.5 Å². The molecule has 0 spiro atoms. The minimum Gasteiger partial charge on any atom is -0.493 e. The number of Topliss-reactive ketones (excluding diaryl/α,β-unsaturated/α-hetero) is 1. The maximum Gasteiger partial charge on any atom is 0.309 e. The second-order valence-electron chi connectivity index (χ2n) is 8.20. The summed E-state index contributed by atoms with van der Waals surface area (Å²) in [5.41, 5.74) is 2.40. The zero-order chi connectivity index (χ0) is 24.9. The van der Waals surface area contributed by atoms with Gasteiger partial charge in [0.05, 0.1) is 13.0 Å². The molecule has 1 aromatic carbocycles. The van der Waals surface area contributed by atoms with Crippen molar-refractivity contribution in [1.29, 1.82) is 0 Å². The number of pyridine rings is 1. The lowest BCUT2D eigenvalue weighted by Gasteiger charge is -2.25. The zero-order valence-electron chi connectivity index (χ0n) is 20.0. The lowest BCUT2D eigenvalue weighted by molar-refractivity contribution is -0.153. The van der Waals surface area contributed by atoms with Crippen LogP contribution in [-0.4, -0.2) is 35.9 Å². The molecule has 2 rings (SSSR count). The Kier molecular flexibility index (Phi) is 8.68. The van der Waals surface area contributed by atoms with Gasteiger partial charge in [-0.1, -0.05) is 13.8 Å². The van der Waals surface area contributed by atoms with Crippen LogP contribution in [0.4, 0.5) is 4.39 Å². The van der Waals surface area contributed by atoms with E-state index in [-0.39, 0.29) is 35.3 Å². The average molecular weight is 460 g/mol. The van der Waals surface area contributed by atoms with Crippen LogP contribution < -0.4 is 9.47 Å². The first kappa shape index (κ1) is 26.0. The molecule has 178 valence electrons. The minimum absolute atomic E-state index is 0.0812. The summed E-state index contributed by atoms with van der Waals surface area (Å²) in [5, 5.41) is 0.